The van der Waals surface area contributed by atoms with Gasteiger partial charge in [-0.05, 0) is 51.2 Å². The zero-order chi connectivity index (χ0) is 11.9. The third kappa shape index (κ3) is 5.30. The van der Waals surface area contributed by atoms with Gasteiger partial charge in [-0.1, -0.05) is 6.92 Å². The van der Waals surface area contributed by atoms with Gasteiger partial charge < -0.3 is 15.5 Å². The predicted octanol–water partition coefficient (Wildman–Crippen LogP) is 1.67. The molecule has 0 radical (unpaired) electrons. The monoisotopic (exact) mass is 366 g/mol. The maximum Gasteiger partial charge on any atom is 0.191 e. The van der Waals surface area contributed by atoms with Crippen LogP contribution >= 0.6 is 24.0 Å². The number of likely N-dealkylation sites (tertiary alicyclic amines) is 1. The van der Waals surface area contributed by atoms with Crippen molar-refractivity contribution in [1.82, 2.24) is 15.5 Å². The number of rotatable bonds is 4. The molecule has 2 aliphatic heterocycles. The summed E-state index contributed by atoms with van der Waals surface area (Å²) in [6.45, 7) is 9.18. The summed E-state index contributed by atoms with van der Waals surface area (Å²) in [6.07, 6.45) is 5.20. The molecule has 106 valence electrons. The van der Waals surface area contributed by atoms with E-state index < -0.39 is 0 Å². The van der Waals surface area contributed by atoms with Crippen LogP contribution in [-0.4, -0.2) is 50.1 Å². The highest BCUT2D eigenvalue weighted by Crippen LogP contribution is 2.19. The van der Waals surface area contributed by atoms with Gasteiger partial charge in [0.15, 0.2) is 5.96 Å². The molecule has 0 amide bonds. The van der Waals surface area contributed by atoms with Crippen molar-refractivity contribution < 1.29 is 0 Å². The quantitative estimate of drug-likeness (QED) is 0.744. The largest absolute Gasteiger partial charge is 0.356 e. The second-order valence-electron chi connectivity index (χ2n) is 5.10. The van der Waals surface area contributed by atoms with Crippen molar-refractivity contribution in [2.75, 3.05) is 39.3 Å². The lowest BCUT2D eigenvalue weighted by Gasteiger charge is -2.31. The predicted molar refractivity (Wildman–Crippen MR) is 87.8 cm³/mol. The van der Waals surface area contributed by atoms with E-state index in [2.05, 4.69) is 27.4 Å². The molecule has 2 heterocycles. The molecule has 2 rings (SSSR count). The molecule has 0 aromatic carbocycles. The third-order valence-corrected chi connectivity index (χ3v) is 3.90. The van der Waals surface area contributed by atoms with Crippen molar-refractivity contribution in [2.45, 2.75) is 32.6 Å². The smallest absolute Gasteiger partial charge is 0.191 e. The van der Waals surface area contributed by atoms with Crippen molar-refractivity contribution in [3.8, 4) is 0 Å². The molecule has 0 unspecified atom stereocenters. The van der Waals surface area contributed by atoms with E-state index in [9.17, 15) is 0 Å². The highest BCUT2D eigenvalue weighted by molar-refractivity contribution is 14.0. The molecule has 18 heavy (non-hydrogen) atoms. The molecule has 1 fully saturated rings. The molecule has 0 aromatic heterocycles. The summed E-state index contributed by atoms with van der Waals surface area (Å²) in [4.78, 5) is 6.98. The summed E-state index contributed by atoms with van der Waals surface area (Å²) in [5, 5.41) is 6.72. The Bertz CT molecular complexity index is 249. The molecule has 2 aliphatic rings. The average Bonchev–Trinajstić information content (AvgIpc) is 2.41. The van der Waals surface area contributed by atoms with Crippen molar-refractivity contribution in [3.63, 3.8) is 0 Å². The van der Waals surface area contributed by atoms with Crippen LogP contribution in [0.4, 0.5) is 0 Å². The summed E-state index contributed by atoms with van der Waals surface area (Å²) in [7, 11) is 0. The van der Waals surface area contributed by atoms with Gasteiger partial charge in [0, 0.05) is 19.6 Å². The van der Waals surface area contributed by atoms with E-state index in [0.29, 0.717) is 0 Å². The van der Waals surface area contributed by atoms with Crippen LogP contribution in [0.25, 0.3) is 0 Å². The number of nitrogens with one attached hydrogen (secondary N) is 2. The van der Waals surface area contributed by atoms with Crippen LogP contribution in [-0.2, 0) is 0 Å². The first-order chi connectivity index (χ1) is 8.38. The fourth-order valence-corrected chi connectivity index (χ4v) is 2.64. The maximum absolute atomic E-state index is 4.42. The Morgan fingerprint density at radius 2 is 2.17 bits per heavy atom. The topological polar surface area (TPSA) is 39.7 Å². The van der Waals surface area contributed by atoms with Crippen LogP contribution < -0.4 is 10.6 Å². The SMILES string of the molecule is CCN1CCC(CCNC2=NCCCN2)CC1.I. The van der Waals surface area contributed by atoms with Gasteiger partial charge >= 0.3 is 0 Å². The van der Waals surface area contributed by atoms with E-state index in [4.69, 9.17) is 0 Å². The maximum atomic E-state index is 4.42. The zero-order valence-corrected chi connectivity index (χ0v) is 13.8. The Balaban J connectivity index is 0.00000162. The van der Waals surface area contributed by atoms with Crippen LogP contribution in [0.2, 0.25) is 0 Å². The van der Waals surface area contributed by atoms with Crippen LogP contribution in [0.5, 0.6) is 0 Å². The van der Waals surface area contributed by atoms with E-state index in [0.717, 1.165) is 31.5 Å². The Morgan fingerprint density at radius 1 is 1.39 bits per heavy atom. The van der Waals surface area contributed by atoms with Crippen molar-refractivity contribution in [3.05, 3.63) is 0 Å². The molecule has 0 saturated carbocycles. The highest BCUT2D eigenvalue weighted by atomic mass is 127. The van der Waals surface area contributed by atoms with Crippen LogP contribution in [0, 0.1) is 5.92 Å². The summed E-state index contributed by atoms with van der Waals surface area (Å²) in [6, 6.07) is 0. The molecule has 0 bridgehead atoms. The Hall–Kier alpha value is -0.0400. The zero-order valence-electron chi connectivity index (χ0n) is 11.5. The van der Waals surface area contributed by atoms with E-state index in [1.54, 1.807) is 0 Å². The highest BCUT2D eigenvalue weighted by Gasteiger charge is 2.17. The number of halogens is 1. The summed E-state index contributed by atoms with van der Waals surface area (Å²) in [5.41, 5.74) is 0. The molecular formula is C13H27IN4. The Morgan fingerprint density at radius 3 is 2.78 bits per heavy atom. The Kier molecular flexibility index (Phi) is 7.97. The first-order valence-electron chi connectivity index (χ1n) is 7.13. The Labute approximate surface area is 128 Å². The molecule has 1 saturated heterocycles. The molecule has 0 aromatic rings. The molecule has 0 aliphatic carbocycles. The van der Waals surface area contributed by atoms with Crippen LogP contribution in [0.3, 0.4) is 0 Å². The van der Waals surface area contributed by atoms with Crippen LogP contribution in [0.1, 0.15) is 32.6 Å². The van der Waals surface area contributed by atoms with Crippen LogP contribution in [0.15, 0.2) is 4.99 Å². The van der Waals surface area contributed by atoms with E-state index in [-0.39, 0.29) is 24.0 Å². The third-order valence-electron chi connectivity index (χ3n) is 3.90. The standard InChI is InChI=1S/C13H26N4.HI/c1-2-17-10-5-12(6-11-17)4-9-16-13-14-7-3-8-15-13;/h12H,2-11H2,1H3,(H2,14,15,16);1H. The van der Waals surface area contributed by atoms with Crippen molar-refractivity contribution in [1.29, 1.82) is 0 Å². The minimum atomic E-state index is 0. The lowest BCUT2D eigenvalue weighted by atomic mass is 9.93. The van der Waals surface area contributed by atoms with Gasteiger partial charge in [-0.25, -0.2) is 0 Å². The molecule has 0 spiro atoms. The number of aliphatic imine (C=N–C) groups is 1. The number of hydrogen-bond acceptors (Lipinski definition) is 4. The molecular weight excluding hydrogens is 339 g/mol. The second kappa shape index (κ2) is 8.96. The van der Waals surface area contributed by atoms with Gasteiger partial charge in [-0.2, -0.15) is 0 Å². The molecule has 2 N–H and O–H groups in total. The summed E-state index contributed by atoms with van der Waals surface area (Å²) >= 11 is 0. The van der Waals surface area contributed by atoms with E-state index in [1.165, 1.54) is 45.3 Å². The van der Waals surface area contributed by atoms with Gasteiger partial charge in [-0.15, -0.1) is 24.0 Å². The van der Waals surface area contributed by atoms with Gasteiger partial charge in [0.2, 0.25) is 0 Å². The van der Waals surface area contributed by atoms with E-state index >= 15 is 0 Å². The van der Waals surface area contributed by atoms with Gasteiger partial charge in [0.25, 0.3) is 0 Å². The fraction of sp³-hybridized carbons (Fsp3) is 0.923. The number of piperidine rings is 1. The number of nitrogens with zero attached hydrogens (tertiary/aromatic N) is 2. The number of guanidine groups is 1. The normalized spacial score (nSPS) is 21.7. The van der Waals surface area contributed by atoms with Gasteiger partial charge in [0.05, 0.1) is 0 Å². The lowest BCUT2D eigenvalue weighted by molar-refractivity contribution is 0.187. The minimum Gasteiger partial charge on any atom is -0.356 e. The molecule has 5 heteroatoms. The van der Waals surface area contributed by atoms with E-state index in [1.807, 2.05) is 0 Å². The average molecular weight is 366 g/mol. The second-order valence-corrected chi connectivity index (χ2v) is 5.10. The molecule has 0 atom stereocenters. The molecule has 4 nitrogen and oxygen atoms in total. The van der Waals surface area contributed by atoms with Gasteiger partial charge in [-0.3, -0.25) is 4.99 Å². The lowest BCUT2D eigenvalue weighted by Crippen LogP contribution is -2.42. The van der Waals surface area contributed by atoms with Crippen molar-refractivity contribution in [2.24, 2.45) is 10.9 Å². The fourth-order valence-electron chi connectivity index (χ4n) is 2.64. The number of hydrogen-bond donors (Lipinski definition) is 2. The first kappa shape index (κ1) is 16.0. The first-order valence-corrected chi connectivity index (χ1v) is 7.13. The minimum absolute atomic E-state index is 0. The van der Waals surface area contributed by atoms with Crippen molar-refractivity contribution >= 4 is 29.9 Å². The van der Waals surface area contributed by atoms with Gasteiger partial charge in [0.1, 0.15) is 0 Å². The summed E-state index contributed by atoms with van der Waals surface area (Å²) in [5.74, 6) is 1.93. The summed E-state index contributed by atoms with van der Waals surface area (Å²) < 4.78 is 0.